The summed E-state index contributed by atoms with van der Waals surface area (Å²) < 4.78 is 22.5. The maximum absolute atomic E-state index is 15.5. The van der Waals surface area contributed by atoms with Crippen LogP contribution < -0.4 is 5.32 Å². The lowest BCUT2D eigenvalue weighted by molar-refractivity contribution is 0.0383. The minimum absolute atomic E-state index is 0.0216. The van der Waals surface area contributed by atoms with Crippen molar-refractivity contribution in [3.05, 3.63) is 69.3 Å². The smallest absolute Gasteiger partial charge is 0.251 e. The molecule has 1 saturated heterocycles. The van der Waals surface area contributed by atoms with Gasteiger partial charge < -0.3 is 10.1 Å². The van der Waals surface area contributed by atoms with Gasteiger partial charge in [-0.15, -0.1) is 0 Å². The van der Waals surface area contributed by atoms with Gasteiger partial charge in [-0.05, 0) is 43.2 Å². The van der Waals surface area contributed by atoms with Crippen LogP contribution in [0.3, 0.4) is 0 Å². The molecular weight excluding hydrogens is 540 g/mol. The Balaban J connectivity index is 1.54. The van der Waals surface area contributed by atoms with E-state index in [1.165, 1.54) is 6.07 Å². The lowest BCUT2D eigenvalue weighted by Crippen LogP contribution is -2.41. The molecule has 1 aromatic heterocycles. The number of aromatic nitrogens is 2. The van der Waals surface area contributed by atoms with E-state index in [-0.39, 0.29) is 28.2 Å². The normalized spacial score (nSPS) is 16.7. The Bertz CT molecular complexity index is 1390. The molecule has 1 aliphatic heterocycles. The van der Waals surface area contributed by atoms with E-state index < -0.39 is 5.82 Å². The predicted octanol–water partition coefficient (Wildman–Crippen LogP) is 5.97. The highest BCUT2D eigenvalue weighted by molar-refractivity contribution is 6.31. The standard InChI is InChI=1S/C29H30Cl2FN5O2/c30-22-16-20(15-21(17-22)29(38)34-9-10-36-11-13-39-14-12-36)27-24(18-33)35-28(19-5-2-1-3-6-19)37(27)25-8-4-7-23(31)26(25)32/h4,7-8,15-17,19H,1-3,5-6,9-14H2,(H,34,38). The van der Waals surface area contributed by atoms with Crippen LogP contribution in [-0.2, 0) is 4.74 Å². The zero-order chi connectivity index (χ0) is 27.4. The predicted molar refractivity (Wildman–Crippen MR) is 149 cm³/mol. The van der Waals surface area contributed by atoms with Crippen LogP contribution in [0.5, 0.6) is 0 Å². The van der Waals surface area contributed by atoms with Crippen LogP contribution in [0.15, 0.2) is 36.4 Å². The third-order valence-corrected chi connectivity index (χ3v) is 7.91. The Kier molecular flexibility index (Phi) is 8.83. The number of hydrogen-bond acceptors (Lipinski definition) is 5. The maximum atomic E-state index is 15.5. The molecule has 0 spiro atoms. The number of amides is 1. The van der Waals surface area contributed by atoms with Crippen LogP contribution in [0, 0.1) is 17.1 Å². The second-order valence-electron chi connectivity index (χ2n) is 9.96. The van der Waals surface area contributed by atoms with Crippen LogP contribution in [-0.4, -0.2) is 59.8 Å². The average molecular weight is 570 g/mol. The Morgan fingerprint density at radius 1 is 1.15 bits per heavy atom. The molecule has 2 aliphatic rings. The minimum atomic E-state index is -0.595. The zero-order valence-electron chi connectivity index (χ0n) is 21.6. The summed E-state index contributed by atoms with van der Waals surface area (Å²) in [6, 6.07) is 11.9. The van der Waals surface area contributed by atoms with Crippen molar-refractivity contribution in [1.82, 2.24) is 19.8 Å². The van der Waals surface area contributed by atoms with E-state index in [1.54, 1.807) is 34.9 Å². The Hall–Kier alpha value is -2.96. The molecule has 1 N–H and O–H groups in total. The second-order valence-corrected chi connectivity index (χ2v) is 10.8. The number of hydrogen-bond donors (Lipinski definition) is 1. The number of nitriles is 1. The molecule has 204 valence electrons. The zero-order valence-corrected chi connectivity index (χ0v) is 23.1. The third kappa shape index (κ3) is 6.12. The fraction of sp³-hybridized carbons (Fsp3) is 0.414. The number of benzene rings is 2. The molecule has 0 bridgehead atoms. The van der Waals surface area contributed by atoms with Gasteiger partial charge in [-0.25, -0.2) is 9.37 Å². The molecule has 3 aromatic rings. The van der Waals surface area contributed by atoms with E-state index in [2.05, 4.69) is 16.3 Å². The summed E-state index contributed by atoms with van der Waals surface area (Å²) in [5, 5.41) is 13.4. The molecule has 2 heterocycles. The highest BCUT2D eigenvalue weighted by Crippen LogP contribution is 2.39. The van der Waals surface area contributed by atoms with E-state index >= 15 is 4.39 Å². The molecule has 1 saturated carbocycles. The lowest BCUT2D eigenvalue weighted by Gasteiger charge is -2.26. The van der Waals surface area contributed by atoms with E-state index in [1.807, 2.05) is 0 Å². The van der Waals surface area contributed by atoms with Gasteiger partial charge in [-0.3, -0.25) is 14.3 Å². The molecule has 0 radical (unpaired) electrons. The third-order valence-electron chi connectivity index (χ3n) is 7.40. The first-order chi connectivity index (χ1) is 19.0. The molecule has 0 unspecified atom stereocenters. The number of imidazole rings is 1. The van der Waals surface area contributed by atoms with Crippen LogP contribution in [0.1, 0.15) is 59.9 Å². The van der Waals surface area contributed by atoms with E-state index in [9.17, 15) is 10.1 Å². The van der Waals surface area contributed by atoms with Gasteiger partial charge in [-0.2, -0.15) is 5.26 Å². The molecule has 0 atom stereocenters. The Morgan fingerprint density at radius 3 is 2.67 bits per heavy atom. The van der Waals surface area contributed by atoms with E-state index in [0.29, 0.717) is 54.0 Å². The van der Waals surface area contributed by atoms with Crippen molar-refractivity contribution in [3.63, 3.8) is 0 Å². The largest absolute Gasteiger partial charge is 0.379 e. The van der Waals surface area contributed by atoms with Crippen molar-refractivity contribution in [2.24, 2.45) is 0 Å². The van der Waals surface area contributed by atoms with Crippen LogP contribution in [0.4, 0.5) is 4.39 Å². The fourth-order valence-electron chi connectivity index (χ4n) is 5.44. The molecule has 10 heteroatoms. The van der Waals surface area contributed by atoms with Gasteiger partial charge in [0.25, 0.3) is 5.91 Å². The van der Waals surface area contributed by atoms with Crippen LogP contribution in [0.2, 0.25) is 10.0 Å². The number of ether oxygens (including phenoxy) is 1. The van der Waals surface area contributed by atoms with E-state index in [4.69, 9.17) is 32.9 Å². The van der Waals surface area contributed by atoms with Gasteiger partial charge in [0.05, 0.1) is 29.6 Å². The lowest BCUT2D eigenvalue weighted by atomic mass is 9.88. The van der Waals surface area contributed by atoms with E-state index in [0.717, 1.165) is 45.2 Å². The van der Waals surface area contributed by atoms with Gasteiger partial charge in [-0.1, -0.05) is 48.5 Å². The van der Waals surface area contributed by atoms with Crippen LogP contribution in [0.25, 0.3) is 16.9 Å². The first-order valence-corrected chi connectivity index (χ1v) is 14.1. The first-order valence-electron chi connectivity index (χ1n) is 13.3. The molecular formula is C29H30Cl2FN5O2. The topological polar surface area (TPSA) is 83.2 Å². The van der Waals surface area contributed by atoms with Gasteiger partial charge in [0.15, 0.2) is 11.5 Å². The summed E-state index contributed by atoms with van der Waals surface area (Å²) in [6.45, 7) is 4.24. The van der Waals surface area contributed by atoms with Crippen molar-refractivity contribution >= 4 is 29.1 Å². The van der Waals surface area contributed by atoms with Gasteiger partial charge in [0.2, 0.25) is 0 Å². The fourth-order valence-corrected chi connectivity index (χ4v) is 5.84. The van der Waals surface area contributed by atoms with Gasteiger partial charge in [0, 0.05) is 48.2 Å². The molecule has 7 nitrogen and oxygen atoms in total. The molecule has 1 aliphatic carbocycles. The van der Waals surface area contributed by atoms with Crippen molar-refractivity contribution in [2.75, 3.05) is 39.4 Å². The number of nitrogens with zero attached hydrogens (tertiary/aromatic N) is 4. The summed E-state index contributed by atoms with van der Waals surface area (Å²) in [7, 11) is 0. The molecule has 1 amide bonds. The van der Waals surface area contributed by atoms with Gasteiger partial charge in [0.1, 0.15) is 11.9 Å². The summed E-state index contributed by atoms with van der Waals surface area (Å²) in [5.41, 5.74) is 1.61. The van der Waals surface area contributed by atoms with Crippen molar-refractivity contribution < 1.29 is 13.9 Å². The number of rotatable bonds is 7. The number of halogens is 3. The van der Waals surface area contributed by atoms with Crippen molar-refractivity contribution in [3.8, 4) is 23.0 Å². The monoisotopic (exact) mass is 569 g/mol. The average Bonchev–Trinajstić information content (AvgIpc) is 3.35. The Morgan fingerprint density at radius 2 is 1.92 bits per heavy atom. The molecule has 5 rings (SSSR count). The Labute approximate surface area is 237 Å². The minimum Gasteiger partial charge on any atom is -0.379 e. The second kappa shape index (κ2) is 12.5. The maximum Gasteiger partial charge on any atom is 0.251 e. The quantitative estimate of drug-likeness (QED) is 0.379. The number of carbonyl (C=O) groups excluding carboxylic acids is 1. The van der Waals surface area contributed by atoms with Crippen molar-refractivity contribution in [1.29, 1.82) is 5.26 Å². The number of carbonyl (C=O) groups is 1. The van der Waals surface area contributed by atoms with Crippen LogP contribution >= 0.6 is 23.2 Å². The summed E-state index contributed by atoms with van der Waals surface area (Å²) in [4.78, 5) is 20.1. The SMILES string of the molecule is N#Cc1nc(C2CCCCC2)n(-c2cccc(Cl)c2F)c1-c1cc(Cl)cc(C(=O)NCCN2CCOCC2)c1. The van der Waals surface area contributed by atoms with Crippen molar-refractivity contribution in [2.45, 2.75) is 38.0 Å². The summed E-state index contributed by atoms with van der Waals surface area (Å²) in [5.74, 6) is -0.181. The summed E-state index contributed by atoms with van der Waals surface area (Å²) in [6.07, 6.45) is 5.02. The summed E-state index contributed by atoms with van der Waals surface area (Å²) >= 11 is 12.7. The number of nitrogens with one attached hydrogen (secondary N) is 1. The molecule has 39 heavy (non-hydrogen) atoms. The molecule has 2 aromatic carbocycles. The first kappa shape index (κ1) is 27.6. The number of morpholine rings is 1. The highest BCUT2D eigenvalue weighted by atomic mass is 35.5. The van der Waals surface area contributed by atoms with Gasteiger partial charge >= 0.3 is 0 Å². The highest BCUT2D eigenvalue weighted by Gasteiger charge is 2.29. The molecule has 2 fully saturated rings.